The Bertz CT molecular complexity index is 910. The molecule has 1 N–H and O–H groups in total. The van der Waals surface area contributed by atoms with Crippen LogP contribution in [-0.4, -0.2) is 74.2 Å². The zero-order valence-electron chi connectivity index (χ0n) is 20.2. The highest BCUT2D eigenvalue weighted by Gasteiger charge is 2.39. The van der Waals surface area contributed by atoms with Gasteiger partial charge in [-0.3, -0.25) is 9.69 Å². The lowest BCUT2D eigenvalue weighted by Gasteiger charge is -2.49. The molecule has 2 saturated heterocycles. The van der Waals surface area contributed by atoms with Crippen LogP contribution < -0.4 is 10.1 Å². The van der Waals surface area contributed by atoms with Crippen LogP contribution in [0.5, 0.6) is 5.75 Å². The number of benzene rings is 2. The normalized spacial score (nSPS) is 19.2. The number of ether oxygens (including phenoxy) is 2. The van der Waals surface area contributed by atoms with Gasteiger partial charge in [0.25, 0.3) is 5.91 Å². The SMILES string of the molecule is Cc1cc(C(=O)NCC2(N3CCN(C)CC3)CCOCC2)cc(C)c1OCc1ccccc1. The van der Waals surface area contributed by atoms with E-state index in [-0.39, 0.29) is 11.4 Å². The molecule has 0 saturated carbocycles. The first-order valence-electron chi connectivity index (χ1n) is 12.0. The van der Waals surface area contributed by atoms with Gasteiger partial charge in [-0.05, 0) is 62.6 Å². The van der Waals surface area contributed by atoms with E-state index in [4.69, 9.17) is 9.47 Å². The quantitative estimate of drug-likeness (QED) is 0.699. The number of nitrogens with one attached hydrogen (secondary N) is 1. The number of carbonyl (C=O) groups is 1. The highest BCUT2D eigenvalue weighted by molar-refractivity contribution is 5.95. The number of nitrogens with zero attached hydrogens (tertiary/aromatic N) is 2. The van der Waals surface area contributed by atoms with Crippen molar-refractivity contribution in [2.24, 2.45) is 0 Å². The first-order chi connectivity index (χ1) is 16.0. The molecule has 6 heteroatoms. The number of rotatable bonds is 7. The monoisotopic (exact) mass is 451 g/mol. The molecule has 4 rings (SSSR count). The second kappa shape index (κ2) is 10.7. The highest BCUT2D eigenvalue weighted by atomic mass is 16.5. The average molecular weight is 452 g/mol. The molecule has 0 bridgehead atoms. The maximum Gasteiger partial charge on any atom is 0.251 e. The Balaban J connectivity index is 1.41. The van der Waals surface area contributed by atoms with Crippen LogP contribution in [-0.2, 0) is 11.3 Å². The summed E-state index contributed by atoms with van der Waals surface area (Å²) in [7, 11) is 2.17. The summed E-state index contributed by atoms with van der Waals surface area (Å²) in [6, 6.07) is 14.0. The predicted octanol–water partition coefficient (Wildman–Crippen LogP) is 3.41. The summed E-state index contributed by atoms with van der Waals surface area (Å²) >= 11 is 0. The third kappa shape index (κ3) is 5.75. The van der Waals surface area contributed by atoms with E-state index in [0.29, 0.717) is 18.7 Å². The molecule has 33 heavy (non-hydrogen) atoms. The van der Waals surface area contributed by atoms with Crippen molar-refractivity contribution in [2.45, 2.75) is 38.8 Å². The molecule has 0 spiro atoms. The van der Waals surface area contributed by atoms with Gasteiger partial charge < -0.3 is 19.7 Å². The van der Waals surface area contributed by atoms with Gasteiger partial charge in [-0.1, -0.05) is 30.3 Å². The van der Waals surface area contributed by atoms with Crippen molar-refractivity contribution in [2.75, 3.05) is 53.0 Å². The molecule has 0 atom stereocenters. The van der Waals surface area contributed by atoms with Gasteiger partial charge in [0.1, 0.15) is 12.4 Å². The van der Waals surface area contributed by atoms with Crippen LogP contribution >= 0.6 is 0 Å². The van der Waals surface area contributed by atoms with Crippen LogP contribution in [0.2, 0.25) is 0 Å². The summed E-state index contributed by atoms with van der Waals surface area (Å²) in [4.78, 5) is 18.1. The maximum atomic E-state index is 13.1. The second-order valence-electron chi connectivity index (χ2n) is 9.52. The fourth-order valence-electron chi connectivity index (χ4n) is 5.02. The van der Waals surface area contributed by atoms with E-state index >= 15 is 0 Å². The lowest BCUT2D eigenvalue weighted by Crippen LogP contribution is -2.62. The molecule has 2 aromatic carbocycles. The summed E-state index contributed by atoms with van der Waals surface area (Å²) in [5.41, 5.74) is 3.77. The zero-order valence-corrected chi connectivity index (χ0v) is 20.2. The van der Waals surface area contributed by atoms with Crippen LogP contribution in [0.25, 0.3) is 0 Å². The van der Waals surface area contributed by atoms with Gasteiger partial charge in [0.15, 0.2) is 0 Å². The van der Waals surface area contributed by atoms with E-state index in [9.17, 15) is 4.79 Å². The Hall–Kier alpha value is -2.41. The van der Waals surface area contributed by atoms with Crippen molar-refractivity contribution >= 4 is 5.91 Å². The molecule has 2 fully saturated rings. The van der Waals surface area contributed by atoms with Crippen molar-refractivity contribution in [3.8, 4) is 5.75 Å². The van der Waals surface area contributed by atoms with Crippen LogP contribution in [0.15, 0.2) is 42.5 Å². The fraction of sp³-hybridized carbons (Fsp3) is 0.519. The standard InChI is InChI=1S/C27H37N3O3/c1-21-17-24(18-22(2)25(21)33-19-23-7-5-4-6-8-23)26(31)28-20-27(9-15-32-16-10-27)30-13-11-29(3)12-14-30/h4-8,17-18H,9-16,19-20H2,1-3H3,(H,28,31). The lowest BCUT2D eigenvalue weighted by atomic mass is 9.87. The van der Waals surface area contributed by atoms with Crippen molar-refractivity contribution < 1.29 is 14.3 Å². The molecule has 6 nitrogen and oxygen atoms in total. The molecule has 0 aliphatic carbocycles. The molecule has 2 heterocycles. The van der Waals surface area contributed by atoms with Gasteiger partial charge >= 0.3 is 0 Å². The molecule has 2 aromatic rings. The molecule has 0 radical (unpaired) electrons. The average Bonchev–Trinajstić information content (AvgIpc) is 2.83. The Morgan fingerprint density at radius 1 is 1.03 bits per heavy atom. The Kier molecular flexibility index (Phi) is 7.68. The Morgan fingerprint density at radius 3 is 2.30 bits per heavy atom. The van der Waals surface area contributed by atoms with Gasteiger partial charge in [0.2, 0.25) is 0 Å². The van der Waals surface area contributed by atoms with Gasteiger partial charge in [0.05, 0.1) is 0 Å². The molecule has 2 aliphatic rings. The summed E-state index contributed by atoms with van der Waals surface area (Å²) in [6.07, 6.45) is 1.92. The first kappa shape index (κ1) is 23.7. The topological polar surface area (TPSA) is 54.0 Å². The van der Waals surface area contributed by atoms with Crippen LogP contribution in [0.1, 0.15) is 39.9 Å². The molecule has 1 amide bonds. The van der Waals surface area contributed by atoms with Crippen LogP contribution in [0.4, 0.5) is 0 Å². The summed E-state index contributed by atoms with van der Waals surface area (Å²) in [5.74, 6) is 0.838. The molecular formula is C27H37N3O3. The van der Waals surface area contributed by atoms with E-state index < -0.39 is 0 Å². The van der Waals surface area contributed by atoms with Gasteiger partial charge in [-0.2, -0.15) is 0 Å². The van der Waals surface area contributed by atoms with E-state index in [0.717, 1.165) is 74.7 Å². The van der Waals surface area contributed by atoms with E-state index in [1.165, 1.54) is 0 Å². The van der Waals surface area contributed by atoms with Gasteiger partial charge in [-0.25, -0.2) is 0 Å². The molecule has 0 unspecified atom stereocenters. The number of hydrogen-bond donors (Lipinski definition) is 1. The Labute approximate surface area is 197 Å². The third-order valence-corrected chi connectivity index (χ3v) is 7.12. The third-order valence-electron chi connectivity index (χ3n) is 7.12. The molecule has 178 valence electrons. The number of hydrogen-bond acceptors (Lipinski definition) is 5. The number of amides is 1. The van der Waals surface area contributed by atoms with Crippen molar-refractivity contribution in [1.29, 1.82) is 0 Å². The minimum Gasteiger partial charge on any atom is -0.488 e. The first-order valence-corrected chi connectivity index (χ1v) is 12.0. The summed E-state index contributed by atoms with van der Waals surface area (Å²) in [5, 5.41) is 3.26. The summed E-state index contributed by atoms with van der Waals surface area (Å²) < 4.78 is 11.8. The van der Waals surface area contributed by atoms with E-state index in [1.807, 2.05) is 44.2 Å². The smallest absolute Gasteiger partial charge is 0.251 e. The van der Waals surface area contributed by atoms with Crippen molar-refractivity contribution in [1.82, 2.24) is 15.1 Å². The number of likely N-dealkylation sites (N-methyl/N-ethyl adjacent to an activating group) is 1. The van der Waals surface area contributed by atoms with Gasteiger partial charge in [-0.15, -0.1) is 0 Å². The Morgan fingerprint density at radius 2 is 1.67 bits per heavy atom. The van der Waals surface area contributed by atoms with Crippen molar-refractivity contribution in [3.63, 3.8) is 0 Å². The van der Waals surface area contributed by atoms with E-state index in [1.54, 1.807) is 0 Å². The van der Waals surface area contributed by atoms with Crippen molar-refractivity contribution in [3.05, 3.63) is 64.7 Å². The minimum absolute atomic E-state index is 0.0159. The fourth-order valence-corrected chi connectivity index (χ4v) is 5.02. The van der Waals surface area contributed by atoms with Gasteiger partial charge in [0, 0.05) is 57.0 Å². The largest absolute Gasteiger partial charge is 0.488 e. The number of piperazine rings is 1. The number of aryl methyl sites for hydroxylation is 2. The molecule has 2 aliphatic heterocycles. The van der Waals surface area contributed by atoms with Crippen LogP contribution in [0.3, 0.4) is 0 Å². The molecular weight excluding hydrogens is 414 g/mol. The maximum absolute atomic E-state index is 13.1. The zero-order chi connectivity index (χ0) is 23.3. The lowest BCUT2D eigenvalue weighted by molar-refractivity contribution is -0.0430. The molecule has 0 aromatic heterocycles. The highest BCUT2D eigenvalue weighted by Crippen LogP contribution is 2.29. The second-order valence-corrected chi connectivity index (χ2v) is 9.52. The van der Waals surface area contributed by atoms with Crippen LogP contribution in [0, 0.1) is 13.8 Å². The minimum atomic E-state index is -0.0178. The number of carbonyl (C=O) groups excluding carboxylic acids is 1. The predicted molar refractivity (Wildman–Crippen MR) is 131 cm³/mol. The van der Waals surface area contributed by atoms with E-state index in [2.05, 4.69) is 34.3 Å². The summed E-state index contributed by atoms with van der Waals surface area (Å²) in [6.45, 7) is 10.9.